The number of rotatable bonds is 7. The van der Waals surface area contributed by atoms with Gasteiger partial charge in [0.25, 0.3) is 0 Å². The molecule has 2 amide bonds. The standard InChI is InChI=1S/C25H28F3N3O3/c1-16(17-6-8-18(9-7-17)22(29)32)30-23(33)24(11-3-12-24)31-13-10-21(15-31)34-20-5-2-4-19(14-20)25(26,27)28/h2,4-9,14,16,21H,3,10-13,15H2,1H3,(H2,29,32)(H,30,33)/t16-,21+/m0/s1. The quantitative estimate of drug-likeness (QED) is 0.633. The molecule has 34 heavy (non-hydrogen) atoms. The van der Waals surface area contributed by atoms with Crippen LogP contribution in [-0.2, 0) is 11.0 Å². The lowest BCUT2D eigenvalue weighted by molar-refractivity contribution is -0.140. The molecule has 2 aromatic rings. The van der Waals surface area contributed by atoms with Gasteiger partial charge in [-0.25, -0.2) is 0 Å². The molecular weight excluding hydrogens is 447 g/mol. The summed E-state index contributed by atoms with van der Waals surface area (Å²) in [5.41, 5.74) is 5.18. The monoisotopic (exact) mass is 475 g/mol. The third kappa shape index (κ3) is 4.89. The molecule has 0 bridgehead atoms. The fourth-order valence-corrected chi connectivity index (χ4v) is 4.70. The fourth-order valence-electron chi connectivity index (χ4n) is 4.70. The van der Waals surface area contributed by atoms with Gasteiger partial charge >= 0.3 is 6.18 Å². The average molecular weight is 476 g/mol. The van der Waals surface area contributed by atoms with E-state index in [0.717, 1.165) is 37.0 Å². The van der Waals surface area contributed by atoms with E-state index >= 15 is 0 Å². The second-order valence-electron chi connectivity index (χ2n) is 9.07. The molecule has 9 heteroatoms. The molecule has 0 aromatic heterocycles. The predicted octanol–water partition coefficient (Wildman–Crippen LogP) is 4.06. The number of carbonyl (C=O) groups is 2. The lowest BCUT2D eigenvalue weighted by Crippen LogP contribution is -2.62. The highest BCUT2D eigenvalue weighted by atomic mass is 19.4. The minimum Gasteiger partial charge on any atom is -0.489 e. The largest absolute Gasteiger partial charge is 0.489 e. The number of nitrogens with one attached hydrogen (secondary N) is 1. The van der Waals surface area contributed by atoms with Gasteiger partial charge in [-0.2, -0.15) is 13.2 Å². The lowest BCUT2D eigenvalue weighted by Gasteiger charge is -2.47. The molecule has 1 saturated carbocycles. The Hall–Kier alpha value is -3.07. The second-order valence-corrected chi connectivity index (χ2v) is 9.07. The minimum absolute atomic E-state index is 0.0649. The molecular formula is C25H28F3N3O3. The van der Waals surface area contributed by atoms with Crippen molar-refractivity contribution in [1.29, 1.82) is 0 Å². The van der Waals surface area contributed by atoms with E-state index in [4.69, 9.17) is 10.5 Å². The molecule has 0 radical (unpaired) electrons. The summed E-state index contributed by atoms with van der Waals surface area (Å²) in [6.45, 7) is 3.00. The van der Waals surface area contributed by atoms with Crippen molar-refractivity contribution in [3.8, 4) is 5.75 Å². The third-order valence-corrected chi connectivity index (χ3v) is 6.86. The summed E-state index contributed by atoms with van der Waals surface area (Å²) < 4.78 is 44.8. The van der Waals surface area contributed by atoms with E-state index < -0.39 is 23.2 Å². The van der Waals surface area contributed by atoms with Crippen LogP contribution in [0.3, 0.4) is 0 Å². The van der Waals surface area contributed by atoms with Crippen LogP contribution in [-0.4, -0.2) is 41.4 Å². The number of likely N-dealkylation sites (tertiary alicyclic amines) is 1. The van der Waals surface area contributed by atoms with Crippen LogP contribution in [0.1, 0.15) is 60.1 Å². The highest BCUT2D eigenvalue weighted by Gasteiger charge is 2.51. The van der Waals surface area contributed by atoms with E-state index in [1.807, 2.05) is 6.92 Å². The van der Waals surface area contributed by atoms with Crippen molar-refractivity contribution in [2.24, 2.45) is 5.73 Å². The Balaban J connectivity index is 1.39. The number of primary amides is 1. The third-order valence-electron chi connectivity index (χ3n) is 6.86. The molecule has 2 fully saturated rings. The topological polar surface area (TPSA) is 84.7 Å². The highest BCUT2D eigenvalue weighted by Crippen LogP contribution is 2.41. The van der Waals surface area contributed by atoms with Gasteiger partial charge in [-0.1, -0.05) is 18.2 Å². The zero-order valence-corrected chi connectivity index (χ0v) is 18.9. The summed E-state index contributed by atoms with van der Waals surface area (Å²) >= 11 is 0. The van der Waals surface area contributed by atoms with Gasteiger partial charge in [-0.05, 0) is 68.5 Å². The van der Waals surface area contributed by atoms with Gasteiger partial charge in [-0.3, -0.25) is 14.5 Å². The van der Waals surface area contributed by atoms with Crippen molar-refractivity contribution in [1.82, 2.24) is 10.2 Å². The van der Waals surface area contributed by atoms with Crippen molar-refractivity contribution in [2.75, 3.05) is 13.1 Å². The van der Waals surface area contributed by atoms with Crippen LogP contribution in [0.5, 0.6) is 5.75 Å². The van der Waals surface area contributed by atoms with Gasteiger partial charge in [0, 0.05) is 18.7 Å². The van der Waals surface area contributed by atoms with Gasteiger partial charge in [0.15, 0.2) is 0 Å². The van der Waals surface area contributed by atoms with Crippen molar-refractivity contribution < 1.29 is 27.5 Å². The van der Waals surface area contributed by atoms with E-state index in [1.54, 1.807) is 24.3 Å². The number of nitrogens with zero attached hydrogens (tertiary/aromatic N) is 1. The first-order valence-electron chi connectivity index (χ1n) is 11.4. The summed E-state index contributed by atoms with van der Waals surface area (Å²) in [6.07, 6.45) is -1.69. The van der Waals surface area contributed by atoms with E-state index in [0.29, 0.717) is 25.1 Å². The van der Waals surface area contributed by atoms with Gasteiger partial charge in [0.05, 0.1) is 11.6 Å². The van der Waals surface area contributed by atoms with Crippen molar-refractivity contribution in [3.63, 3.8) is 0 Å². The van der Waals surface area contributed by atoms with E-state index in [2.05, 4.69) is 10.2 Å². The van der Waals surface area contributed by atoms with Crippen LogP contribution in [0, 0.1) is 0 Å². The van der Waals surface area contributed by atoms with Crippen LogP contribution < -0.4 is 15.8 Å². The summed E-state index contributed by atoms with van der Waals surface area (Å²) in [4.78, 5) is 26.7. The maximum atomic E-state index is 13.3. The molecule has 1 aliphatic carbocycles. The highest BCUT2D eigenvalue weighted by molar-refractivity contribution is 5.92. The van der Waals surface area contributed by atoms with Gasteiger partial charge < -0.3 is 15.8 Å². The van der Waals surface area contributed by atoms with Crippen LogP contribution >= 0.6 is 0 Å². The van der Waals surface area contributed by atoms with Gasteiger partial charge in [0.2, 0.25) is 11.8 Å². The Labute approximate surface area is 196 Å². The molecule has 2 atom stereocenters. The number of amides is 2. The Morgan fingerprint density at radius 3 is 2.47 bits per heavy atom. The number of alkyl halides is 3. The Morgan fingerprint density at radius 2 is 1.88 bits per heavy atom. The van der Waals surface area contributed by atoms with E-state index in [1.165, 1.54) is 12.1 Å². The van der Waals surface area contributed by atoms with Crippen LogP contribution in [0.15, 0.2) is 48.5 Å². The second kappa shape index (κ2) is 9.29. The summed E-state index contributed by atoms with van der Waals surface area (Å²) in [5.74, 6) is -0.389. The number of ether oxygens (including phenoxy) is 1. The minimum atomic E-state index is -4.42. The Bertz CT molecular complexity index is 1050. The first-order valence-corrected chi connectivity index (χ1v) is 11.4. The van der Waals surface area contributed by atoms with Crippen LogP contribution in [0.2, 0.25) is 0 Å². The molecule has 1 heterocycles. The van der Waals surface area contributed by atoms with Crippen molar-refractivity contribution in [3.05, 3.63) is 65.2 Å². The maximum Gasteiger partial charge on any atom is 0.416 e. The summed E-state index contributed by atoms with van der Waals surface area (Å²) in [7, 11) is 0. The average Bonchev–Trinajstić information content (AvgIpc) is 3.21. The number of halogens is 3. The molecule has 3 N–H and O–H groups in total. The number of carbonyl (C=O) groups excluding carboxylic acids is 2. The molecule has 182 valence electrons. The molecule has 1 aliphatic heterocycles. The smallest absolute Gasteiger partial charge is 0.416 e. The van der Waals surface area contributed by atoms with E-state index in [-0.39, 0.29) is 23.8 Å². The molecule has 2 aliphatic rings. The van der Waals surface area contributed by atoms with E-state index in [9.17, 15) is 22.8 Å². The number of hydrogen-bond donors (Lipinski definition) is 2. The van der Waals surface area contributed by atoms with Crippen LogP contribution in [0.4, 0.5) is 13.2 Å². The Kier molecular flexibility index (Phi) is 6.58. The maximum absolute atomic E-state index is 13.3. The lowest BCUT2D eigenvalue weighted by atomic mass is 9.74. The normalized spacial score (nSPS) is 20.9. The molecule has 1 saturated heterocycles. The fraction of sp³-hybridized carbons (Fsp3) is 0.440. The number of nitrogens with two attached hydrogens (primary N) is 1. The van der Waals surface area contributed by atoms with Crippen molar-refractivity contribution >= 4 is 11.8 Å². The first-order chi connectivity index (χ1) is 16.1. The zero-order chi connectivity index (χ0) is 24.5. The summed E-state index contributed by atoms with van der Waals surface area (Å²) in [5, 5.41) is 3.09. The molecule has 6 nitrogen and oxygen atoms in total. The number of benzene rings is 2. The molecule has 2 aromatic carbocycles. The SMILES string of the molecule is C[C@H](NC(=O)C1(N2CC[C@@H](Oc3cccc(C(F)(F)F)c3)C2)CCC1)c1ccc(C(N)=O)cc1. The Morgan fingerprint density at radius 1 is 1.18 bits per heavy atom. The first kappa shape index (κ1) is 24.1. The molecule has 0 spiro atoms. The molecule has 4 rings (SSSR count). The number of hydrogen-bond acceptors (Lipinski definition) is 4. The van der Waals surface area contributed by atoms with Gasteiger partial charge in [0.1, 0.15) is 17.4 Å². The van der Waals surface area contributed by atoms with Crippen molar-refractivity contribution in [2.45, 2.75) is 56.5 Å². The summed E-state index contributed by atoms with van der Waals surface area (Å²) in [6, 6.07) is 11.4. The van der Waals surface area contributed by atoms with Gasteiger partial charge in [-0.15, -0.1) is 0 Å². The van der Waals surface area contributed by atoms with Crippen LogP contribution in [0.25, 0.3) is 0 Å². The molecule has 0 unspecified atom stereocenters. The predicted molar refractivity (Wildman–Crippen MR) is 120 cm³/mol. The zero-order valence-electron chi connectivity index (χ0n) is 18.9.